The van der Waals surface area contributed by atoms with E-state index >= 15 is 0 Å². The Hall–Kier alpha value is -3.46. The highest BCUT2D eigenvalue weighted by molar-refractivity contribution is 5.96. The average molecular weight is 377 g/mol. The summed E-state index contributed by atoms with van der Waals surface area (Å²) in [7, 11) is 3.53. The number of aryl methyl sites for hydroxylation is 1. The second-order valence-electron chi connectivity index (χ2n) is 6.61. The molecule has 6 nitrogen and oxygen atoms in total. The van der Waals surface area contributed by atoms with E-state index in [9.17, 15) is 10.1 Å². The number of carbonyl (C=O) groups is 1. The van der Waals surface area contributed by atoms with E-state index in [2.05, 4.69) is 11.4 Å². The maximum Gasteiger partial charge on any atom is 0.411 e. The van der Waals surface area contributed by atoms with Crippen molar-refractivity contribution >= 4 is 22.7 Å². The number of nitriles is 1. The molecular weight excluding hydrogens is 354 g/mol. The van der Waals surface area contributed by atoms with Crippen molar-refractivity contribution in [3.8, 4) is 23.1 Å². The monoisotopic (exact) mass is 377 g/mol. The second-order valence-corrected chi connectivity index (χ2v) is 6.61. The van der Waals surface area contributed by atoms with E-state index in [4.69, 9.17) is 9.47 Å². The number of hydrogen-bond donors (Lipinski definition) is 1. The third-order valence-corrected chi connectivity index (χ3v) is 4.79. The molecule has 3 rings (SSSR count). The standard InChI is InChI=1S/C22H23N3O3/c1-5-14(2)28-22(26)24-16-8-6-7-15(11-16)21-19(13-23)18-10-9-17(27-4)12-20(18)25(21)3/h6-12,14H,5H2,1-4H3,(H,24,26). The van der Waals surface area contributed by atoms with E-state index in [0.29, 0.717) is 11.3 Å². The van der Waals surface area contributed by atoms with Crippen LogP contribution in [0.4, 0.5) is 10.5 Å². The zero-order chi connectivity index (χ0) is 20.3. The first kappa shape index (κ1) is 19.3. The molecule has 0 aliphatic heterocycles. The number of methoxy groups -OCH3 is 1. The lowest BCUT2D eigenvalue weighted by Gasteiger charge is -2.13. The third-order valence-electron chi connectivity index (χ3n) is 4.79. The topological polar surface area (TPSA) is 76.3 Å². The summed E-state index contributed by atoms with van der Waals surface area (Å²) in [6, 6.07) is 15.3. The molecule has 1 amide bonds. The second kappa shape index (κ2) is 8.05. The summed E-state index contributed by atoms with van der Waals surface area (Å²) in [4.78, 5) is 12.0. The van der Waals surface area contributed by atoms with E-state index < -0.39 is 6.09 Å². The highest BCUT2D eigenvalue weighted by Gasteiger charge is 2.18. The lowest BCUT2D eigenvalue weighted by molar-refractivity contribution is 0.118. The molecule has 3 aromatic rings. The Morgan fingerprint density at radius 3 is 2.75 bits per heavy atom. The number of hydrogen-bond acceptors (Lipinski definition) is 4. The van der Waals surface area contributed by atoms with Gasteiger partial charge < -0.3 is 14.0 Å². The van der Waals surface area contributed by atoms with Crippen molar-refractivity contribution in [2.75, 3.05) is 12.4 Å². The molecule has 1 heterocycles. The maximum atomic E-state index is 12.0. The Bertz CT molecular complexity index is 1060. The summed E-state index contributed by atoms with van der Waals surface area (Å²) in [6.45, 7) is 3.80. The molecule has 144 valence electrons. The van der Waals surface area contributed by atoms with Gasteiger partial charge in [0.05, 0.1) is 23.9 Å². The first-order chi connectivity index (χ1) is 13.5. The summed E-state index contributed by atoms with van der Waals surface area (Å²) in [6.07, 6.45) is 0.105. The van der Waals surface area contributed by atoms with Crippen molar-refractivity contribution in [1.29, 1.82) is 5.26 Å². The van der Waals surface area contributed by atoms with Crippen molar-refractivity contribution in [2.24, 2.45) is 7.05 Å². The molecule has 28 heavy (non-hydrogen) atoms. The zero-order valence-corrected chi connectivity index (χ0v) is 16.4. The van der Waals surface area contributed by atoms with Gasteiger partial charge in [-0.15, -0.1) is 0 Å². The Morgan fingerprint density at radius 2 is 2.07 bits per heavy atom. The van der Waals surface area contributed by atoms with Crippen molar-refractivity contribution in [1.82, 2.24) is 4.57 Å². The van der Waals surface area contributed by atoms with Gasteiger partial charge in [0.25, 0.3) is 0 Å². The van der Waals surface area contributed by atoms with Gasteiger partial charge in [0.1, 0.15) is 17.9 Å². The molecule has 2 aromatic carbocycles. The normalized spacial score (nSPS) is 11.7. The molecule has 0 radical (unpaired) electrons. The molecule has 6 heteroatoms. The van der Waals surface area contributed by atoms with Gasteiger partial charge in [-0.25, -0.2) is 4.79 Å². The molecule has 0 aliphatic carbocycles. The zero-order valence-electron chi connectivity index (χ0n) is 16.4. The van der Waals surface area contributed by atoms with Gasteiger partial charge in [0, 0.05) is 29.8 Å². The number of carbonyl (C=O) groups excluding carboxylic acids is 1. The van der Waals surface area contributed by atoms with Crippen LogP contribution in [-0.4, -0.2) is 23.9 Å². The highest BCUT2D eigenvalue weighted by atomic mass is 16.6. The molecule has 1 aromatic heterocycles. The van der Waals surface area contributed by atoms with Crippen LogP contribution in [-0.2, 0) is 11.8 Å². The fourth-order valence-corrected chi connectivity index (χ4v) is 3.15. The first-order valence-electron chi connectivity index (χ1n) is 9.13. The molecule has 1 atom stereocenters. The smallest absolute Gasteiger partial charge is 0.411 e. The maximum absolute atomic E-state index is 12.0. The SMILES string of the molecule is CCC(C)OC(=O)Nc1cccc(-c2c(C#N)c3ccc(OC)cc3n2C)c1. The molecule has 0 saturated heterocycles. The summed E-state index contributed by atoms with van der Waals surface area (Å²) in [5.74, 6) is 0.729. The summed E-state index contributed by atoms with van der Waals surface area (Å²) >= 11 is 0. The van der Waals surface area contributed by atoms with Crippen LogP contribution in [0.15, 0.2) is 42.5 Å². The van der Waals surface area contributed by atoms with Gasteiger partial charge in [0.15, 0.2) is 0 Å². The van der Waals surface area contributed by atoms with Gasteiger partial charge in [-0.3, -0.25) is 5.32 Å². The Balaban J connectivity index is 2.02. The lowest BCUT2D eigenvalue weighted by Crippen LogP contribution is -2.19. The largest absolute Gasteiger partial charge is 0.497 e. The Morgan fingerprint density at radius 1 is 1.29 bits per heavy atom. The van der Waals surface area contributed by atoms with Crippen LogP contribution in [0.1, 0.15) is 25.8 Å². The van der Waals surface area contributed by atoms with Gasteiger partial charge >= 0.3 is 6.09 Å². The van der Waals surface area contributed by atoms with Gasteiger partial charge in [-0.1, -0.05) is 19.1 Å². The molecule has 0 bridgehead atoms. The van der Waals surface area contributed by atoms with Crippen molar-refractivity contribution in [3.05, 3.63) is 48.0 Å². The molecule has 0 saturated carbocycles. The van der Waals surface area contributed by atoms with Crippen molar-refractivity contribution in [2.45, 2.75) is 26.4 Å². The number of aromatic nitrogens is 1. The average Bonchev–Trinajstić information content (AvgIpc) is 2.99. The van der Waals surface area contributed by atoms with Crippen LogP contribution in [0, 0.1) is 11.3 Å². The third kappa shape index (κ3) is 3.65. The minimum Gasteiger partial charge on any atom is -0.497 e. The lowest BCUT2D eigenvalue weighted by atomic mass is 10.1. The van der Waals surface area contributed by atoms with E-state index in [0.717, 1.165) is 34.3 Å². The van der Waals surface area contributed by atoms with Crippen LogP contribution in [0.5, 0.6) is 5.75 Å². The number of nitrogens with one attached hydrogen (secondary N) is 1. The Labute approximate surface area is 164 Å². The van der Waals surface area contributed by atoms with Crippen LogP contribution in [0.3, 0.4) is 0 Å². The number of nitrogens with zero attached hydrogens (tertiary/aromatic N) is 2. The van der Waals surface area contributed by atoms with Crippen LogP contribution in [0.2, 0.25) is 0 Å². The van der Waals surface area contributed by atoms with Crippen LogP contribution < -0.4 is 10.1 Å². The summed E-state index contributed by atoms with van der Waals surface area (Å²) in [5.41, 5.74) is 3.71. The number of amides is 1. The predicted octanol–water partition coefficient (Wildman–Crippen LogP) is 5.07. The number of rotatable bonds is 5. The summed E-state index contributed by atoms with van der Waals surface area (Å²) < 4.78 is 12.5. The van der Waals surface area contributed by atoms with Crippen molar-refractivity contribution < 1.29 is 14.3 Å². The van der Waals surface area contributed by atoms with E-state index in [1.165, 1.54) is 0 Å². The molecule has 0 fully saturated rings. The highest BCUT2D eigenvalue weighted by Crippen LogP contribution is 2.35. The fraction of sp³-hybridized carbons (Fsp3) is 0.273. The molecule has 1 unspecified atom stereocenters. The fourth-order valence-electron chi connectivity index (χ4n) is 3.15. The first-order valence-corrected chi connectivity index (χ1v) is 9.13. The number of benzene rings is 2. The van der Waals surface area contributed by atoms with Gasteiger partial charge in [-0.05, 0) is 37.6 Å². The van der Waals surface area contributed by atoms with E-state index in [1.807, 2.05) is 61.9 Å². The minimum absolute atomic E-state index is 0.151. The number of anilines is 1. The van der Waals surface area contributed by atoms with Gasteiger partial charge in [-0.2, -0.15) is 5.26 Å². The summed E-state index contributed by atoms with van der Waals surface area (Å²) in [5, 5.41) is 13.4. The van der Waals surface area contributed by atoms with E-state index in [1.54, 1.807) is 13.2 Å². The Kier molecular flexibility index (Phi) is 5.55. The van der Waals surface area contributed by atoms with E-state index in [-0.39, 0.29) is 6.10 Å². The number of fused-ring (bicyclic) bond motifs is 1. The predicted molar refractivity (Wildman–Crippen MR) is 109 cm³/mol. The molecule has 0 aliphatic rings. The molecule has 0 spiro atoms. The molecular formula is C22H23N3O3. The minimum atomic E-state index is -0.492. The van der Waals surface area contributed by atoms with Crippen molar-refractivity contribution in [3.63, 3.8) is 0 Å². The van der Waals surface area contributed by atoms with Gasteiger partial charge in [0.2, 0.25) is 0 Å². The van der Waals surface area contributed by atoms with Crippen LogP contribution >= 0.6 is 0 Å². The number of ether oxygens (including phenoxy) is 2. The quantitative estimate of drug-likeness (QED) is 0.673. The molecule has 1 N–H and O–H groups in total. The van der Waals surface area contributed by atoms with Crippen LogP contribution in [0.25, 0.3) is 22.2 Å².